The van der Waals surface area contributed by atoms with Crippen molar-refractivity contribution in [3.8, 4) is 5.75 Å². The summed E-state index contributed by atoms with van der Waals surface area (Å²) in [7, 11) is 0. The predicted molar refractivity (Wildman–Crippen MR) is 62.5 cm³/mol. The minimum Gasteiger partial charge on any atom is -0.483 e. The third kappa shape index (κ3) is 2.49. The van der Waals surface area contributed by atoms with E-state index in [0.717, 1.165) is 4.47 Å². The van der Waals surface area contributed by atoms with E-state index in [1.54, 1.807) is 24.5 Å². The first-order valence-corrected chi connectivity index (χ1v) is 5.47. The van der Waals surface area contributed by atoms with E-state index in [-0.39, 0.29) is 12.5 Å². The van der Waals surface area contributed by atoms with Crippen molar-refractivity contribution in [3.63, 3.8) is 0 Å². The zero-order valence-corrected chi connectivity index (χ0v) is 9.92. The van der Waals surface area contributed by atoms with Crippen molar-refractivity contribution in [1.29, 1.82) is 0 Å². The minimum atomic E-state index is -0.208. The lowest BCUT2D eigenvalue weighted by atomic mass is 10.3. The molecule has 0 spiro atoms. The van der Waals surface area contributed by atoms with E-state index in [1.807, 2.05) is 18.2 Å². The minimum absolute atomic E-state index is 0.0374. The topological polar surface area (TPSA) is 44.1 Å². The molecule has 0 N–H and O–H groups in total. The van der Waals surface area contributed by atoms with E-state index in [9.17, 15) is 4.79 Å². The summed E-state index contributed by atoms with van der Waals surface area (Å²) >= 11 is 3.34. The first kappa shape index (κ1) is 10.9. The van der Waals surface area contributed by atoms with Crippen molar-refractivity contribution in [2.24, 2.45) is 0 Å². The molecule has 1 aromatic heterocycles. The Kier molecular flexibility index (Phi) is 3.36. The number of ether oxygens (including phenoxy) is 1. The molecule has 0 radical (unpaired) electrons. The normalized spacial score (nSPS) is 10.1. The third-order valence-electron chi connectivity index (χ3n) is 1.95. The van der Waals surface area contributed by atoms with Gasteiger partial charge in [-0.1, -0.05) is 12.1 Å². The molecule has 4 nitrogen and oxygen atoms in total. The number of carbonyl (C=O) groups is 1. The third-order valence-corrected chi connectivity index (χ3v) is 2.60. The number of halogens is 1. The summed E-state index contributed by atoms with van der Waals surface area (Å²) in [5, 5.41) is 3.83. The van der Waals surface area contributed by atoms with Gasteiger partial charge >= 0.3 is 0 Å². The first-order valence-electron chi connectivity index (χ1n) is 4.67. The van der Waals surface area contributed by atoms with Crippen LogP contribution in [-0.4, -0.2) is 22.3 Å². The molecule has 1 aromatic carbocycles. The lowest BCUT2D eigenvalue weighted by Gasteiger charge is -2.06. The van der Waals surface area contributed by atoms with Crippen molar-refractivity contribution in [1.82, 2.24) is 9.78 Å². The van der Waals surface area contributed by atoms with Crippen molar-refractivity contribution < 1.29 is 9.53 Å². The smallest absolute Gasteiger partial charge is 0.284 e. The fourth-order valence-electron chi connectivity index (χ4n) is 1.18. The molecule has 16 heavy (non-hydrogen) atoms. The van der Waals surface area contributed by atoms with Crippen LogP contribution < -0.4 is 4.74 Å². The number of benzene rings is 1. The van der Waals surface area contributed by atoms with Gasteiger partial charge in [-0.2, -0.15) is 5.10 Å². The Bertz CT molecular complexity index is 482. The number of rotatable bonds is 3. The van der Waals surface area contributed by atoms with Crippen molar-refractivity contribution in [3.05, 3.63) is 47.2 Å². The molecule has 0 saturated carbocycles. The molecule has 0 unspecified atom stereocenters. The largest absolute Gasteiger partial charge is 0.483 e. The maximum absolute atomic E-state index is 11.6. The molecule has 0 aliphatic carbocycles. The van der Waals surface area contributed by atoms with Crippen LogP contribution >= 0.6 is 15.9 Å². The molecule has 5 heteroatoms. The van der Waals surface area contributed by atoms with Crippen molar-refractivity contribution in [2.45, 2.75) is 0 Å². The van der Waals surface area contributed by atoms with Gasteiger partial charge in [0.1, 0.15) is 5.75 Å². The molecule has 1 heterocycles. The summed E-state index contributed by atoms with van der Waals surface area (Å²) in [6.45, 7) is -0.0374. The molecule has 2 rings (SSSR count). The molecule has 82 valence electrons. The van der Waals surface area contributed by atoms with Gasteiger partial charge in [0, 0.05) is 12.4 Å². The molecule has 0 aliphatic rings. The summed E-state index contributed by atoms with van der Waals surface area (Å²) in [6.07, 6.45) is 3.14. The van der Waals surface area contributed by atoms with Crippen molar-refractivity contribution in [2.75, 3.05) is 6.61 Å². The molecular weight excluding hydrogens is 272 g/mol. The van der Waals surface area contributed by atoms with Gasteiger partial charge in [-0.25, -0.2) is 4.68 Å². The van der Waals surface area contributed by atoms with Crippen LogP contribution in [0.4, 0.5) is 0 Å². The summed E-state index contributed by atoms with van der Waals surface area (Å²) in [6, 6.07) is 9.06. The number of para-hydroxylation sites is 1. The van der Waals surface area contributed by atoms with Crippen LogP contribution in [0.3, 0.4) is 0 Å². The van der Waals surface area contributed by atoms with Crippen molar-refractivity contribution >= 4 is 21.8 Å². The van der Waals surface area contributed by atoms with Gasteiger partial charge in [0.05, 0.1) is 4.47 Å². The average Bonchev–Trinajstić information content (AvgIpc) is 2.81. The highest BCUT2D eigenvalue weighted by Gasteiger charge is 2.06. The Morgan fingerprint density at radius 1 is 1.38 bits per heavy atom. The van der Waals surface area contributed by atoms with E-state index in [4.69, 9.17) is 4.74 Å². The predicted octanol–water partition coefficient (Wildman–Crippen LogP) is 2.36. The highest BCUT2D eigenvalue weighted by atomic mass is 79.9. The number of aromatic nitrogens is 2. The van der Waals surface area contributed by atoms with E-state index >= 15 is 0 Å². The number of carbonyl (C=O) groups excluding carboxylic acids is 1. The van der Waals surface area contributed by atoms with E-state index in [1.165, 1.54) is 4.68 Å². The van der Waals surface area contributed by atoms with Gasteiger partial charge in [-0.15, -0.1) is 0 Å². The molecule has 0 aliphatic heterocycles. The second-order valence-corrected chi connectivity index (χ2v) is 3.92. The standard InChI is InChI=1S/C11H9BrN2O2/c12-9-4-1-2-5-10(9)16-8-11(15)14-7-3-6-13-14/h1-7H,8H2. The van der Waals surface area contributed by atoms with Crippen LogP contribution in [0.15, 0.2) is 47.2 Å². The molecule has 0 atom stereocenters. The maximum atomic E-state index is 11.6. The summed E-state index contributed by atoms with van der Waals surface area (Å²) < 4.78 is 7.43. The monoisotopic (exact) mass is 280 g/mol. The molecule has 0 fully saturated rings. The zero-order valence-electron chi connectivity index (χ0n) is 8.34. The molecule has 2 aromatic rings. The fourth-order valence-corrected chi connectivity index (χ4v) is 1.58. The van der Waals surface area contributed by atoms with Gasteiger partial charge in [-0.3, -0.25) is 4.79 Å². The van der Waals surface area contributed by atoms with E-state index in [0.29, 0.717) is 5.75 Å². The quantitative estimate of drug-likeness (QED) is 0.867. The van der Waals surface area contributed by atoms with Crippen LogP contribution in [-0.2, 0) is 0 Å². The molecule has 0 saturated heterocycles. The lowest BCUT2D eigenvalue weighted by molar-refractivity contribution is 0.0820. The van der Waals surface area contributed by atoms with Gasteiger partial charge in [0.15, 0.2) is 6.61 Å². The molecule has 0 bridgehead atoms. The number of hydrogen-bond donors (Lipinski definition) is 0. The Hall–Kier alpha value is -1.62. The first-order chi connectivity index (χ1) is 7.77. The highest BCUT2D eigenvalue weighted by molar-refractivity contribution is 9.10. The SMILES string of the molecule is O=C(COc1ccccc1Br)n1cccn1. The summed E-state index contributed by atoms with van der Waals surface area (Å²) in [4.78, 5) is 11.6. The Labute approximate surface area is 101 Å². The second-order valence-electron chi connectivity index (χ2n) is 3.06. The summed E-state index contributed by atoms with van der Waals surface area (Å²) in [5.41, 5.74) is 0. The zero-order chi connectivity index (χ0) is 11.4. The Morgan fingerprint density at radius 2 is 2.19 bits per heavy atom. The van der Waals surface area contributed by atoms with Crippen LogP contribution in [0.2, 0.25) is 0 Å². The van der Waals surface area contributed by atoms with Crippen LogP contribution in [0.25, 0.3) is 0 Å². The summed E-state index contributed by atoms with van der Waals surface area (Å²) in [5.74, 6) is 0.434. The molecular formula is C11H9BrN2O2. The van der Waals surface area contributed by atoms with Gasteiger partial charge < -0.3 is 4.74 Å². The Morgan fingerprint density at radius 3 is 2.88 bits per heavy atom. The highest BCUT2D eigenvalue weighted by Crippen LogP contribution is 2.23. The van der Waals surface area contributed by atoms with E-state index in [2.05, 4.69) is 21.0 Å². The second kappa shape index (κ2) is 4.94. The van der Waals surface area contributed by atoms with Crippen LogP contribution in [0.1, 0.15) is 4.79 Å². The molecule has 0 amide bonds. The van der Waals surface area contributed by atoms with Gasteiger partial charge in [0.25, 0.3) is 5.91 Å². The Balaban J connectivity index is 1.98. The van der Waals surface area contributed by atoms with Gasteiger partial charge in [-0.05, 0) is 34.1 Å². The van der Waals surface area contributed by atoms with Crippen LogP contribution in [0, 0.1) is 0 Å². The van der Waals surface area contributed by atoms with Gasteiger partial charge in [0.2, 0.25) is 0 Å². The number of nitrogens with zero attached hydrogens (tertiary/aromatic N) is 2. The fraction of sp³-hybridized carbons (Fsp3) is 0.0909. The van der Waals surface area contributed by atoms with Crippen LogP contribution in [0.5, 0.6) is 5.75 Å². The lowest BCUT2D eigenvalue weighted by Crippen LogP contribution is -2.19. The maximum Gasteiger partial charge on any atom is 0.284 e. The van der Waals surface area contributed by atoms with E-state index < -0.39 is 0 Å². The average molecular weight is 281 g/mol. The number of hydrogen-bond acceptors (Lipinski definition) is 3.